The van der Waals surface area contributed by atoms with E-state index < -0.39 is 23.7 Å². The molecule has 148 valence electrons. The van der Waals surface area contributed by atoms with E-state index in [2.05, 4.69) is 10.1 Å². The lowest BCUT2D eigenvalue weighted by molar-refractivity contribution is 0.0600. The molecule has 3 aromatic carbocycles. The maximum absolute atomic E-state index is 12.7. The van der Waals surface area contributed by atoms with Crippen LogP contribution in [0.5, 0.6) is 0 Å². The van der Waals surface area contributed by atoms with Gasteiger partial charge in [-0.15, -0.1) is 0 Å². The summed E-state index contributed by atoms with van der Waals surface area (Å²) in [4.78, 5) is 50.4. The minimum atomic E-state index is -0.490. The number of hydrogen-bond acceptors (Lipinski definition) is 5. The second-order valence-electron chi connectivity index (χ2n) is 6.56. The van der Waals surface area contributed by atoms with Crippen molar-refractivity contribution in [1.82, 2.24) is 0 Å². The molecule has 4 rings (SSSR count). The van der Waals surface area contributed by atoms with Crippen LogP contribution in [0.4, 0.5) is 11.4 Å². The fraction of sp³-hybridized carbons (Fsp3) is 0.0435. The molecule has 7 nitrogen and oxygen atoms in total. The SMILES string of the molecule is COC(=O)c1ccc(C(=O)Nc2cccc(N3C(=O)c4ccccc4C3=O)c2)cc1. The number of methoxy groups -OCH3 is 1. The average molecular weight is 400 g/mol. The van der Waals surface area contributed by atoms with Crippen LogP contribution in [0.25, 0.3) is 0 Å². The highest BCUT2D eigenvalue weighted by molar-refractivity contribution is 6.34. The molecular formula is C23H16N2O5. The number of esters is 1. The summed E-state index contributed by atoms with van der Waals surface area (Å²) in [5.41, 5.74) is 2.16. The Balaban J connectivity index is 1.55. The molecule has 3 amide bonds. The smallest absolute Gasteiger partial charge is 0.337 e. The van der Waals surface area contributed by atoms with E-state index in [1.807, 2.05) is 0 Å². The Labute approximate surface area is 171 Å². The van der Waals surface area contributed by atoms with Gasteiger partial charge in [-0.05, 0) is 54.6 Å². The Kier molecular flexibility index (Phi) is 4.85. The quantitative estimate of drug-likeness (QED) is 0.534. The van der Waals surface area contributed by atoms with E-state index in [9.17, 15) is 19.2 Å². The summed E-state index contributed by atoms with van der Waals surface area (Å²) in [6.45, 7) is 0. The van der Waals surface area contributed by atoms with Crippen LogP contribution in [0.15, 0.2) is 72.8 Å². The van der Waals surface area contributed by atoms with Crippen LogP contribution >= 0.6 is 0 Å². The Bertz CT molecular complexity index is 1150. The fourth-order valence-electron chi connectivity index (χ4n) is 3.23. The van der Waals surface area contributed by atoms with Gasteiger partial charge in [0.25, 0.3) is 17.7 Å². The summed E-state index contributed by atoms with van der Waals surface area (Å²) in [7, 11) is 1.28. The number of nitrogens with one attached hydrogen (secondary N) is 1. The fourth-order valence-corrected chi connectivity index (χ4v) is 3.23. The molecule has 0 spiro atoms. The van der Waals surface area contributed by atoms with E-state index >= 15 is 0 Å². The zero-order valence-electron chi connectivity index (χ0n) is 15.9. The van der Waals surface area contributed by atoms with Gasteiger partial charge in [0.1, 0.15) is 0 Å². The Morgan fingerprint density at radius 2 is 1.40 bits per heavy atom. The number of ether oxygens (including phenoxy) is 1. The molecular weight excluding hydrogens is 384 g/mol. The van der Waals surface area contributed by atoms with E-state index in [1.165, 1.54) is 31.4 Å². The second kappa shape index (κ2) is 7.63. The van der Waals surface area contributed by atoms with Crippen molar-refractivity contribution in [3.8, 4) is 0 Å². The Morgan fingerprint density at radius 3 is 2.00 bits per heavy atom. The third-order valence-electron chi connectivity index (χ3n) is 4.72. The van der Waals surface area contributed by atoms with E-state index in [4.69, 9.17) is 0 Å². The van der Waals surface area contributed by atoms with Gasteiger partial charge in [0.05, 0.1) is 29.5 Å². The highest BCUT2D eigenvalue weighted by atomic mass is 16.5. The third kappa shape index (κ3) is 3.33. The molecule has 1 heterocycles. The van der Waals surface area contributed by atoms with Gasteiger partial charge < -0.3 is 10.1 Å². The largest absolute Gasteiger partial charge is 0.465 e. The maximum atomic E-state index is 12.7. The predicted molar refractivity (Wildman–Crippen MR) is 110 cm³/mol. The zero-order valence-corrected chi connectivity index (χ0v) is 15.9. The number of benzene rings is 3. The van der Waals surface area contributed by atoms with Crippen molar-refractivity contribution >= 4 is 35.1 Å². The standard InChI is InChI=1S/C23H16N2O5/c1-30-23(29)15-11-9-14(10-12-15)20(26)24-16-5-4-6-17(13-16)25-21(27)18-7-2-3-8-19(18)22(25)28/h2-13H,1H3,(H,24,26). The average Bonchev–Trinajstić information content (AvgIpc) is 3.04. The van der Waals surface area contributed by atoms with Crippen molar-refractivity contribution < 1.29 is 23.9 Å². The maximum Gasteiger partial charge on any atom is 0.337 e. The van der Waals surface area contributed by atoms with Crippen molar-refractivity contribution in [3.63, 3.8) is 0 Å². The summed E-state index contributed by atoms with van der Waals surface area (Å²) in [6, 6.07) is 19.1. The number of anilines is 2. The molecule has 30 heavy (non-hydrogen) atoms. The minimum absolute atomic E-state index is 0.335. The van der Waals surface area contributed by atoms with Crippen LogP contribution in [0, 0.1) is 0 Å². The van der Waals surface area contributed by atoms with E-state index in [1.54, 1.807) is 48.5 Å². The van der Waals surface area contributed by atoms with Crippen LogP contribution in [0.1, 0.15) is 41.4 Å². The highest BCUT2D eigenvalue weighted by Crippen LogP contribution is 2.29. The topological polar surface area (TPSA) is 92.8 Å². The first-order valence-electron chi connectivity index (χ1n) is 9.07. The molecule has 0 radical (unpaired) electrons. The van der Waals surface area contributed by atoms with Gasteiger partial charge in [0.15, 0.2) is 0 Å². The Hall–Kier alpha value is -4.26. The molecule has 0 saturated carbocycles. The number of rotatable bonds is 4. The number of carbonyl (C=O) groups excluding carboxylic acids is 4. The van der Waals surface area contributed by atoms with E-state index in [0.717, 1.165) is 4.90 Å². The molecule has 1 N–H and O–H groups in total. The van der Waals surface area contributed by atoms with Crippen LogP contribution in [-0.4, -0.2) is 30.8 Å². The normalized spacial score (nSPS) is 12.5. The molecule has 1 aliphatic rings. The van der Waals surface area contributed by atoms with Gasteiger partial charge >= 0.3 is 5.97 Å². The van der Waals surface area contributed by atoms with Crippen molar-refractivity contribution in [2.75, 3.05) is 17.3 Å². The van der Waals surface area contributed by atoms with Gasteiger partial charge in [0.2, 0.25) is 0 Å². The molecule has 0 bridgehead atoms. The summed E-state index contributed by atoms with van der Waals surface area (Å²) in [6.07, 6.45) is 0. The second-order valence-corrected chi connectivity index (χ2v) is 6.56. The number of carbonyl (C=O) groups is 4. The first kappa shape index (κ1) is 19.1. The van der Waals surface area contributed by atoms with Crippen LogP contribution in [-0.2, 0) is 4.74 Å². The summed E-state index contributed by atoms with van der Waals surface area (Å²) in [5, 5.41) is 2.73. The lowest BCUT2D eigenvalue weighted by Crippen LogP contribution is -2.29. The molecule has 0 unspecified atom stereocenters. The number of imide groups is 1. The lowest BCUT2D eigenvalue weighted by atomic mass is 10.1. The number of hydrogen-bond donors (Lipinski definition) is 1. The van der Waals surface area contributed by atoms with Crippen molar-refractivity contribution in [3.05, 3.63) is 95.1 Å². The van der Waals surface area contributed by atoms with Gasteiger partial charge in [-0.2, -0.15) is 0 Å². The molecule has 0 aromatic heterocycles. The minimum Gasteiger partial charge on any atom is -0.465 e. The molecule has 0 atom stereocenters. The predicted octanol–water partition coefficient (Wildman–Crippen LogP) is 3.53. The van der Waals surface area contributed by atoms with Crippen LogP contribution in [0.2, 0.25) is 0 Å². The first-order chi connectivity index (χ1) is 14.5. The number of fused-ring (bicyclic) bond motifs is 1. The van der Waals surface area contributed by atoms with E-state index in [0.29, 0.717) is 33.6 Å². The number of nitrogens with zero attached hydrogens (tertiary/aromatic N) is 1. The summed E-state index contributed by atoms with van der Waals surface area (Å²) >= 11 is 0. The van der Waals surface area contributed by atoms with Gasteiger partial charge in [-0.1, -0.05) is 18.2 Å². The Morgan fingerprint density at radius 1 is 0.800 bits per heavy atom. The number of amides is 3. The molecule has 0 fully saturated rings. The van der Waals surface area contributed by atoms with Gasteiger partial charge in [-0.25, -0.2) is 9.69 Å². The monoisotopic (exact) mass is 400 g/mol. The lowest BCUT2D eigenvalue weighted by Gasteiger charge is -2.15. The molecule has 7 heteroatoms. The van der Waals surface area contributed by atoms with Crippen LogP contribution in [0.3, 0.4) is 0 Å². The molecule has 1 aliphatic heterocycles. The molecule has 3 aromatic rings. The molecule has 0 aliphatic carbocycles. The van der Waals surface area contributed by atoms with Crippen molar-refractivity contribution in [2.24, 2.45) is 0 Å². The highest BCUT2D eigenvalue weighted by Gasteiger charge is 2.36. The van der Waals surface area contributed by atoms with Gasteiger partial charge in [-0.3, -0.25) is 14.4 Å². The zero-order chi connectivity index (χ0) is 21.3. The van der Waals surface area contributed by atoms with Crippen molar-refractivity contribution in [2.45, 2.75) is 0 Å². The summed E-state index contributed by atoms with van der Waals surface area (Å²) in [5.74, 6) is -1.70. The summed E-state index contributed by atoms with van der Waals surface area (Å²) < 4.78 is 4.64. The third-order valence-corrected chi connectivity index (χ3v) is 4.72. The molecule has 0 saturated heterocycles. The van der Waals surface area contributed by atoms with Crippen molar-refractivity contribution in [1.29, 1.82) is 0 Å². The first-order valence-corrected chi connectivity index (χ1v) is 9.07. The van der Waals surface area contributed by atoms with E-state index in [-0.39, 0.29) is 0 Å². The van der Waals surface area contributed by atoms with Crippen LogP contribution < -0.4 is 10.2 Å². The van der Waals surface area contributed by atoms with Gasteiger partial charge in [0, 0.05) is 11.3 Å².